The average molecular weight is 258 g/mol. The molecule has 0 aliphatic rings. The summed E-state index contributed by atoms with van der Waals surface area (Å²) >= 11 is 0. The molecule has 0 radical (unpaired) electrons. The summed E-state index contributed by atoms with van der Waals surface area (Å²) < 4.78 is 4.74. The number of esters is 1. The SMILES string of the molecule is CCCC(O)CC/C=C\CC(O)CC(=O)OCC. The van der Waals surface area contributed by atoms with Gasteiger partial charge in [0.25, 0.3) is 0 Å². The number of hydrogen-bond donors (Lipinski definition) is 2. The maximum absolute atomic E-state index is 11.1. The van der Waals surface area contributed by atoms with E-state index in [2.05, 4.69) is 0 Å². The first-order valence-corrected chi connectivity index (χ1v) is 6.76. The second kappa shape index (κ2) is 11.2. The van der Waals surface area contributed by atoms with E-state index in [4.69, 9.17) is 4.74 Å². The lowest BCUT2D eigenvalue weighted by Gasteiger charge is -2.07. The van der Waals surface area contributed by atoms with E-state index < -0.39 is 6.10 Å². The zero-order valence-corrected chi connectivity index (χ0v) is 11.5. The third-order valence-corrected chi connectivity index (χ3v) is 2.57. The molecule has 0 aliphatic carbocycles. The quantitative estimate of drug-likeness (QED) is 0.465. The Balaban J connectivity index is 3.59. The van der Waals surface area contributed by atoms with E-state index in [9.17, 15) is 15.0 Å². The highest BCUT2D eigenvalue weighted by Crippen LogP contribution is 2.06. The van der Waals surface area contributed by atoms with Crippen molar-refractivity contribution in [1.82, 2.24) is 0 Å². The molecule has 0 amide bonds. The number of carbonyl (C=O) groups excluding carboxylic acids is 1. The van der Waals surface area contributed by atoms with Gasteiger partial charge >= 0.3 is 5.97 Å². The van der Waals surface area contributed by atoms with Gasteiger partial charge in [-0.25, -0.2) is 0 Å². The molecule has 4 heteroatoms. The van der Waals surface area contributed by atoms with Gasteiger partial charge in [0, 0.05) is 0 Å². The summed E-state index contributed by atoms with van der Waals surface area (Å²) in [6, 6.07) is 0. The van der Waals surface area contributed by atoms with Crippen LogP contribution >= 0.6 is 0 Å². The van der Waals surface area contributed by atoms with Crippen LogP contribution in [0.3, 0.4) is 0 Å². The van der Waals surface area contributed by atoms with Crippen LogP contribution in [0.5, 0.6) is 0 Å². The largest absolute Gasteiger partial charge is 0.466 e. The lowest BCUT2D eigenvalue weighted by Crippen LogP contribution is -2.14. The van der Waals surface area contributed by atoms with E-state index in [-0.39, 0.29) is 18.5 Å². The Morgan fingerprint density at radius 3 is 2.50 bits per heavy atom. The van der Waals surface area contributed by atoms with Crippen LogP contribution < -0.4 is 0 Å². The first-order chi connectivity index (χ1) is 8.60. The fourth-order valence-corrected chi connectivity index (χ4v) is 1.63. The molecule has 0 bridgehead atoms. The van der Waals surface area contributed by atoms with Crippen LogP contribution in [0.2, 0.25) is 0 Å². The van der Waals surface area contributed by atoms with Crippen LogP contribution in [0.25, 0.3) is 0 Å². The van der Waals surface area contributed by atoms with E-state index in [1.54, 1.807) is 6.92 Å². The molecule has 2 unspecified atom stereocenters. The molecule has 0 aromatic rings. The monoisotopic (exact) mass is 258 g/mol. The molecule has 0 aromatic carbocycles. The van der Waals surface area contributed by atoms with Crippen molar-refractivity contribution in [2.75, 3.05) is 6.61 Å². The first-order valence-electron chi connectivity index (χ1n) is 6.76. The van der Waals surface area contributed by atoms with Gasteiger partial charge in [-0.15, -0.1) is 0 Å². The van der Waals surface area contributed by atoms with Crippen LogP contribution in [-0.2, 0) is 9.53 Å². The Morgan fingerprint density at radius 1 is 1.17 bits per heavy atom. The predicted molar refractivity (Wildman–Crippen MR) is 71.2 cm³/mol. The van der Waals surface area contributed by atoms with Gasteiger partial charge in [0.2, 0.25) is 0 Å². The van der Waals surface area contributed by atoms with Gasteiger partial charge in [-0.1, -0.05) is 25.5 Å². The van der Waals surface area contributed by atoms with E-state index in [1.807, 2.05) is 19.1 Å². The first kappa shape index (κ1) is 17.1. The topological polar surface area (TPSA) is 66.8 Å². The van der Waals surface area contributed by atoms with Crippen molar-refractivity contribution in [3.63, 3.8) is 0 Å². The number of ether oxygens (including phenoxy) is 1. The van der Waals surface area contributed by atoms with E-state index in [0.29, 0.717) is 13.0 Å². The molecule has 0 saturated carbocycles. The number of aliphatic hydroxyl groups excluding tert-OH is 2. The fourth-order valence-electron chi connectivity index (χ4n) is 1.63. The Bertz CT molecular complexity index is 238. The molecule has 0 aliphatic heterocycles. The van der Waals surface area contributed by atoms with Gasteiger partial charge in [-0.05, 0) is 32.6 Å². The summed E-state index contributed by atoms with van der Waals surface area (Å²) in [5.41, 5.74) is 0. The molecule has 0 fully saturated rings. The van der Waals surface area contributed by atoms with Gasteiger partial charge in [0.15, 0.2) is 0 Å². The van der Waals surface area contributed by atoms with E-state index in [1.165, 1.54) is 0 Å². The number of carbonyl (C=O) groups is 1. The van der Waals surface area contributed by atoms with Gasteiger partial charge in [0.05, 0.1) is 25.2 Å². The second-order valence-electron chi connectivity index (χ2n) is 4.39. The normalized spacial score (nSPS) is 14.7. The van der Waals surface area contributed by atoms with Crippen molar-refractivity contribution < 1.29 is 19.7 Å². The van der Waals surface area contributed by atoms with Crippen LogP contribution in [0, 0.1) is 0 Å². The van der Waals surface area contributed by atoms with E-state index >= 15 is 0 Å². The molecule has 0 saturated heterocycles. The number of hydrogen-bond acceptors (Lipinski definition) is 4. The molecule has 2 N–H and O–H groups in total. The van der Waals surface area contributed by atoms with Crippen molar-refractivity contribution in [1.29, 1.82) is 0 Å². The van der Waals surface area contributed by atoms with Crippen molar-refractivity contribution in [3.05, 3.63) is 12.2 Å². The van der Waals surface area contributed by atoms with Crippen LogP contribution in [0.1, 0.15) is 52.4 Å². The van der Waals surface area contributed by atoms with Crippen molar-refractivity contribution in [3.8, 4) is 0 Å². The minimum Gasteiger partial charge on any atom is -0.466 e. The lowest BCUT2D eigenvalue weighted by molar-refractivity contribution is -0.145. The Labute approximate surface area is 110 Å². The minimum absolute atomic E-state index is 0.0383. The van der Waals surface area contributed by atoms with Crippen molar-refractivity contribution >= 4 is 5.97 Å². The van der Waals surface area contributed by atoms with Gasteiger partial charge < -0.3 is 14.9 Å². The summed E-state index contributed by atoms with van der Waals surface area (Å²) in [6.07, 6.45) is 6.73. The Morgan fingerprint density at radius 2 is 1.89 bits per heavy atom. The maximum Gasteiger partial charge on any atom is 0.308 e. The summed E-state index contributed by atoms with van der Waals surface area (Å²) in [7, 11) is 0. The highest BCUT2D eigenvalue weighted by Gasteiger charge is 2.09. The number of rotatable bonds is 10. The number of allylic oxidation sites excluding steroid dienone is 1. The molecule has 18 heavy (non-hydrogen) atoms. The average Bonchev–Trinajstić information content (AvgIpc) is 2.29. The van der Waals surface area contributed by atoms with E-state index in [0.717, 1.165) is 25.7 Å². The molecule has 2 atom stereocenters. The zero-order chi connectivity index (χ0) is 13.8. The molecule has 0 heterocycles. The second-order valence-corrected chi connectivity index (χ2v) is 4.39. The van der Waals surface area contributed by atoms with Crippen LogP contribution in [0.4, 0.5) is 0 Å². The maximum atomic E-state index is 11.1. The summed E-state index contributed by atoms with van der Waals surface area (Å²) in [4.78, 5) is 11.1. The van der Waals surface area contributed by atoms with Gasteiger partial charge in [0.1, 0.15) is 0 Å². The highest BCUT2D eigenvalue weighted by atomic mass is 16.5. The molecule has 0 aromatic heterocycles. The molecule has 0 spiro atoms. The molecule has 4 nitrogen and oxygen atoms in total. The van der Waals surface area contributed by atoms with Gasteiger partial charge in [-0.3, -0.25) is 4.79 Å². The smallest absolute Gasteiger partial charge is 0.308 e. The molecular weight excluding hydrogens is 232 g/mol. The van der Waals surface area contributed by atoms with Crippen LogP contribution in [0.15, 0.2) is 12.2 Å². The summed E-state index contributed by atoms with van der Waals surface area (Å²) in [5.74, 6) is -0.364. The van der Waals surface area contributed by atoms with Crippen molar-refractivity contribution in [2.24, 2.45) is 0 Å². The fraction of sp³-hybridized carbons (Fsp3) is 0.786. The third-order valence-electron chi connectivity index (χ3n) is 2.57. The third kappa shape index (κ3) is 10.3. The molecule has 106 valence electrons. The van der Waals surface area contributed by atoms with Crippen molar-refractivity contribution in [2.45, 2.75) is 64.6 Å². The highest BCUT2D eigenvalue weighted by molar-refractivity contribution is 5.69. The lowest BCUT2D eigenvalue weighted by atomic mass is 10.1. The summed E-state index contributed by atoms with van der Waals surface area (Å²) in [5, 5.41) is 19.0. The Kier molecular flexibility index (Phi) is 10.7. The predicted octanol–water partition coefficient (Wildman–Crippen LogP) is 2.19. The van der Waals surface area contributed by atoms with Gasteiger partial charge in [-0.2, -0.15) is 0 Å². The standard InChI is InChI=1S/C14H26O4/c1-3-8-12(15)9-6-5-7-10-13(16)11-14(17)18-4-2/h5,7,12-13,15-16H,3-4,6,8-11H2,1-2H3/b7-5-. The number of aliphatic hydroxyl groups is 2. The van der Waals surface area contributed by atoms with Crippen LogP contribution in [-0.4, -0.2) is 35.0 Å². The molecular formula is C14H26O4. The zero-order valence-electron chi connectivity index (χ0n) is 11.5. The Hall–Kier alpha value is -0.870. The summed E-state index contributed by atoms with van der Waals surface area (Å²) in [6.45, 7) is 4.13. The molecule has 0 rings (SSSR count). The minimum atomic E-state index is -0.680.